The van der Waals surface area contributed by atoms with Crippen LogP contribution in [0.5, 0.6) is 0 Å². The fourth-order valence-electron chi connectivity index (χ4n) is 2.66. The Bertz CT molecular complexity index is 1220. The van der Waals surface area contributed by atoms with Gasteiger partial charge in [-0.05, 0) is 50.2 Å². The van der Waals surface area contributed by atoms with Crippen LogP contribution in [-0.2, 0) is 10.0 Å². The molecule has 1 heterocycles. The van der Waals surface area contributed by atoms with Crippen LogP contribution in [0.25, 0.3) is 0 Å². The fourth-order valence-corrected chi connectivity index (χ4v) is 4.03. The lowest BCUT2D eigenvalue weighted by molar-refractivity contribution is 0.0845. The predicted molar refractivity (Wildman–Crippen MR) is 112 cm³/mol. The van der Waals surface area contributed by atoms with Crippen molar-refractivity contribution in [3.8, 4) is 0 Å². The molecule has 0 aliphatic carbocycles. The molecule has 10 heteroatoms. The first-order chi connectivity index (χ1) is 14.2. The summed E-state index contributed by atoms with van der Waals surface area (Å²) in [6.45, 7) is 3.33. The van der Waals surface area contributed by atoms with Crippen molar-refractivity contribution in [2.45, 2.75) is 18.7 Å². The molecule has 156 valence electrons. The molecule has 0 bridgehead atoms. The van der Waals surface area contributed by atoms with E-state index in [1.807, 2.05) is 0 Å². The third-order valence-electron chi connectivity index (χ3n) is 4.10. The Morgan fingerprint density at radius 2 is 1.63 bits per heavy atom. The van der Waals surface area contributed by atoms with Crippen LogP contribution < -0.4 is 15.6 Å². The van der Waals surface area contributed by atoms with E-state index in [1.165, 1.54) is 30.3 Å². The lowest BCUT2D eigenvalue weighted by Gasteiger charge is -2.11. The molecule has 0 fully saturated rings. The molecule has 0 aliphatic rings. The van der Waals surface area contributed by atoms with Gasteiger partial charge in [0.25, 0.3) is 21.8 Å². The Hall–Kier alpha value is -3.30. The molecule has 0 radical (unpaired) electrons. The first-order valence-electron chi connectivity index (χ1n) is 8.72. The molecule has 0 atom stereocenters. The van der Waals surface area contributed by atoms with E-state index in [1.54, 1.807) is 38.1 Å². The smallest absolute Gasteiger partial charge is 0.273 e. The average Bonchev–Trinajstić information content (AvgIpc) is 3.05. The third kappa shape index (κ3) is 4.81. The molecule has 1 aromatic heterocycles. The van der Waals surface area contributed by atoms with Crippen molar-refractivity contribution >= 4 is 39.1 Å². The summed E-state index contributed by atoms with van der Waals surface area (Å²) in [6, 6.07) is 13.3. The van der Waals surface area contributed by atoms with E-state index < -0.39 is 21.8 Å². The van der Waals surface area contributed by atoms with Crippen molar-refractivity contribution < 1.29 is 22.4 Å². The summed E-state index contributed by atoms with van der Waals surface area (Å²) in [4.78, 5) is 24.4. The van der Waals surface area contributed by atoms with Crippen LogP contribution in [0.4, 0.5) is 5.69 Å². The third-order valence-corrected chi connectivity index (χ3v) is 5.79. The standard InChI is InChI=1S/C20H18ClN3O5S/c1-12-10-16(13(2)29-12)20(26)23-22-19(25)14-6-5-7-15(11-14)30(27,28)24-18-9-4-3-8-17(18)21/h3-11,24H,1-2H3,(H,22,25)(H,23,26). The molecule has 0 saturated heterocycles. The molecular formula is C20H18ClN3O5S. The number of amides is 2. The van der Waals surface area contributed by atoms with Gasteiger partial charge in [-0.2, -0.15) is 0 Å². The monoisotopic (exact) mass is 447 g/mol. The topological polar surface area (TPSA) is 118 Å². The summed E-state index contributed by atoms with van der Waals surface area (Å²) in [5, 5.41) is 0.238. The predicted octanol–water partition coefficient (Wildman–Crippen LogP) is 3.43. The summed E-state index contributed by atoms with van der Waals surface area (Å²) in [6.07, 6.45) is 0. The number of carbonyl (C=O) groups excluding carboxylic acids is 2. The number of hydrazine groups is 1. The quantitative estimate of drug-likeness (QED) is 0.518. The summed E-state index contributed by atoms with van der Waals surface area (Å²) >= 11 is 6.00. The van der Waals surface area contributed by atoms with Crippen molar-refractivity contribution in [2.75, 3.05) is 4.72 Å². The van der Waals surface area contributed by atoms with Gasteiger partial charge in [0.15, 0.2) is 0 Å². The minimum absolute atomic E-state index is 0.0393. The van der Waals surface area contributed by atoms with Gasteiger partial charge in [-0.15, -0.1) is 0 Å². The van der Waals surface area contributed by atoms with Gasteiger partial charge in [-0.25, -0.2) is 8.42 Å². The highest BCUT2D eigenvalue weighted by Crippen LogP contribution is 2.24. The largest absolute Gasteiger partial charge is 0.466 e. The number of aryl methyl sites for hydroxylation is 2. The fraction of sp³-hybridized carbons (Fsp3) is 0.100. The van der Waals surface area contributed by atoms with Crippen molar-refractivity contribution in [3.63, 3.8) is 0 Å². The molecule has 8 nitrogen and oxygen atoms in total. The summed E-state index contributed by atoms with van der Waals surface area (Å²) in [7, 11) is -3.98. The number of para-hydroxylation sites is 1. The van der Waals surface area contributed by atoms with Crippen LogP contribution >= 0.6 is 11.6 Å². The van der Waals surface area contributed by atoms with Gasteiger partial charge in [0.2, 0.25) is 0 Å². The van der Waals surface area contributed by atoms with Crippen molar-refractivity contribution in [3.05, 3.63) is 82.3 Å². The Morgan fingerprint density at radius 1 is 0.933 bits per heavy atom. The lowest BCUT2D eigenvalue weighted by Crippen LogP contribution is -2.41. The minimum atomic E-state index is -3.98. The summed E-state index contributed by atoms with van der Waals surface area (Å²) < 4.78 is 32.9. The number of hydrogen-bond acceptors (Lipinski definition) is 5. The molecule has 3 aromatic rings. The van der Waals surface area contributed by atoms with E-state index in [0.717, 1.165) is 0 Å². The van der Waals surface area contributed by atoms with Gasteiger partial charge in [0.1, 0.15) is 11.5 Å². The minimum Gasteiger partial charge on any atom is -0.466 e. The van der Waals surface area contributed by atoms with Crippen LogP contribution in [0.2, 0.25) is 5.02 Å². The van der Waals surface area contributed by atoms with Gasteiger partial charge in [-0.3, -0.25) is 25.2 Å². The van der Waals surface area contributed by atoms with Gasteiger partial charge >= 0.3 is 0 Å². The molecule has 3 N–H and O–H groups in total. The zero-order valence-electron chi connectivity index (χ0n) is 16.0. The van der Waals surface area contributed by atoms with E-state index >= 15 is 0 Å². The molecular weight excluding hydrogens is 430 g/mol. The van der Waals surface area contributed by atoms with Crippen LogP contribution in [0, 0.1) is 13.8 Å². The SMILES string of the molecule is Cc1cc(C(=O)NNC(=O)c2cccc(S(=O)(=O)Nc3ccccc3Cl)c2)c(C)o1. The molecule has 0 spiro atoms. The van der Waals surface area contributed by atoms with Crippen LogP contribution in [0.15, 0.2) is 63.9 Å². The molecule has 3 rings (SSSR count). The van der Waals surface area contributed by atoms with E-state index in [4.69, 9.17) is 16.0 Å². The number of sulfonamides is 1. The number of rotatable bonds is 5. The number of carbonyl (C=O) groups is 2. The summed E-state index contributed by atoms with van der Waals surface area (Å²) in [5.74, 6) is -0.260. The molecule has 0 saturated carbocycles. The van der Waals surface area contributed by atoms with Gasteiger partial charge in [0, 0.05) is 5.56 Å². The molecule has 2 aromatic carbocycles. The normalized spacial score (nSPS) is 11.0. The maximum absolute atomic E-state index is 12.6. The zero-order valence-corrected chi connectivity index (χ0v) is 17.6. The Balaban J connectivity index is 1.73. The zero-order chi connectivity index (χ0) is 21.9. The van der Waals surface area contributed by atoms with Crippen molar-refractivity contribution in [1.29, 1.82) is 0 Å². The van der Waals surface area contributed by atoms with E-state index in [0.29, 0.717) is 11.5 Å². The number of nitrogens with one attached hydrogen (secondary N) is 3. The maximum atomic E-state index is 12.6. The number of furan rings is 1. The second kappa shape index (κ2) is 8.60. The first kappa shape index (κ1) is 21.4. The number of benzene rings is 2. The molecule has 0 unspecified atom stereocenters. The van der Waals surface area contributed by atoms with Gasteiger partial charge in [-0.1, -0.05) is 29.8 Å². The maximum Gasteiger partial charge on any atom is 0.273 e. The molecule has 0 aliphatic heterocycles. The number of halogens is 1. The molecule has 2 amide bonds. The lowest BCUT2D eigenvalue weighted by atomic mass is 10.2. The highest BCUT2D eigenvalue weighted by molar-refractivity contribution is 7.92. The average molecular weight is 448 g/mol. The summed E-state index contributed by atoms with van der Waals surface area (Å²) in [5.41, 5.74) is 5.07. The Morgan fingerprint density at radius 3 is 2.30 bits per heavy atom. The van der Waals surface area contributed by atoms with Gasteiger partial charge < -0.3 is 4.42 Å². The highest BCUT2D eigenvalue weighted by Gasteiger charge is 2.19. The number of hydrogen-bond donors (Lipinski definition) is 3. The van der Waals surface area contributed by atoms with Gasteiger partial charge in [0.05, 0.1) is 21.2 Å². The second-order valence-electron chi connectivity index (χ2n) is 6.35. The van der Waals surface area contributed by atoms with E-state index in [2.05, 4.69) is 15.6 Å². The van der Waals surface area contributed by atoms with E-state index in [9.17, 15) is 18.0 Å². The second-order valence-corrected chi connectivity index (χ2v) is 8.44. The van der Waals surface area contributed by atoms with Crippen LogP contribution in [-0.4, -0.2) is 20.2 Å². The van der Waals surface area contributed by atoms with Crippen molar-refractivity contribution in [2.24, 2.45) is 0 Å². The Kier molecular flexibility index (Phi) is 6.14. The van der Waals surface area contributed by atoms with Crippen molar-refractivity contribution in [1.82, 2.24) is 10.9 Å². The molecule has 30 heavy (non-hydrogen) atoms. The number of anilines is 1. The highest BCUT2D eigenvalue weighted by atomic mass is 35.5. The van der Waals surface area contributed by atoms with Crippen LogP contribution in [0.3, 0.4) is 0 Å². The van der Waals surface area contributed by atoms with E-state index in [-0.39, 0.29) is 26.7 Å². The Labute approximate surface area is 178 Å². The first-order valence-corrected chi connectivity index (χ1v) is 10.6. The van der Waals surface area contributed by atoms with Crippen LogP contribution in [0.1, 0.15) is 32.2 Å².